The standard InChI is InChI=1S/C21H25N3O4/c1-2-16-18(23-20(26)17(19(16)25)21(27)28)11-3-5-15(6-4-11)24-9-12-7-14(22)8-13(12)10-24/h3-6,12-14H,2,7-10,22H2,1H3,(H,27,28)(H2,23,25,26)/t12-,13+,14-. The van der Waals surface area contributed by atoms with Crippen LogP contribution in [-0.4, -0.2) is 40.3 Å². The molecule has 0 amide bonds. The molecule has 4 rings (SSSR count). The Morgan fingerprint density at radius 1 is 1.21 bits per heavy atom. The van der Waals surface area contributed by atoms with Gasteiger partial charge >= 0.3 is 5.97 Å². The second-order valence-corrected chi connectivity index (χ2v) is 7.89. The van der Waals surface area contributed by atoms with Crippen LogP contribution >= 0.6 is 0 Å². The molecule has 2 aliphatic rings. The van der Waals surface area contributed by atoms with Crippen LogP contribution in [0.2, 0.25) is 0 Å². The average molecular weight is 383 g/mol. The Labute approximate surface area is 162 Å². The van der Waals surface area contributed by atoms with E-state index in [1.54, 1.807) is 0 Å². The van der Waals surface area contributed by atoms with Crippen molar-refractivity contribution in [2.75, 3.05) is 18.0 Å². The molecule has 2 aromatic rings. The van der Waals surface area contributed by atoms with E-state index in [1.807, 2.05) is 31.2 Å². The normalized spacial score (nSPS) is 23.8. The number of nitrogens with one attached hydrogen (secondary N) is 1. The number of H-pyrrole nitrogens is 1. The van der Waals surface area contributed by atoms with Crippen LogP contribution in [-0.2, 0) is 6.42 Å². The van der Waals surface area contributed by atoms with Gasteiger partial charge in [-0.1, -0.05) is 19.1 Å². The number of fused-ring (bicyclic) bond motifs is 1. The number of aromatic hydroxyl groups is 1. The molecule has 148 valence electrons. The number of rotatable bonds is 4. The highest BCUT2D eigenvalue weighted by Crippen LogP contribution is 2.39. The first-order valence-corrected chi connectivity index (χ1v) is 9.71. The molecule has 7 heteroatoms. The molecule has 28 heavy (non-hydrogen) atoms. The van der Waals surface area contributed by atoms with Gasteiger partial charge in [-0.05, 0) is 48.8 Å². The Hall–Kier alpha value is -2.80. The molecule has 1 aromatic heterocycles. The van der Waals surface area contributed by atoms with E-state index in [1.165, 1.54) is 0 Å². The Morgan fingerprint density at radius 2 is 1.82 bits per heavy atom. The fourth-order valence-corrected chi connectivity index (χ4v) is 4.81. The summed E-state index contributed by atoms with van der Waals surface area (Å²) in [5, 5.41) is 19.5. The minimum absolute atomic E-state index is 0.338. The number of hydrogen-bond donors (Lipinski definition) is 4. The van der Waals surface area contributed by atoms with Gasteiger partial charge < -0.3 is 25.8 Å². The number of aromatic nitrogens is 1. The van der Waals surface area contributed by atoms with Crippen molar-refractivity contribution in [3.8, 4) is 17.0 Å². The Bertz CT molecular complexity index is 953. The van der Waals surface area contributed by atoms with Crippen molar-refractivity contribution in [1.29, 1.82) is 0 Å². The molecule has 2 heterocycles. The number of carboxylic acids is 1. The summed E-state index contributed by atoms with van der Waals surface area (Å²) in [5.41, 5.74) is 7.41. The van der Waals surface area contributed by atoms with Gasteiger partial charge in [-0.2, -0.15) is 0 Å². The topological polar surface area (TPSA) is 120 Å². The summed E-state index contributed by atoms with van der Waals surface area (Å²) < 4.78 is 0. The van der Waals surface area contributed by atoms with Gasteiger partial charge in [0.05, 0.1) is 5.69 Å². The summed E-state index contributed by atoms with van der Waals surface area (Å²) in [6.45, 7) is 3.84. The van der Waals surface area contributed by atoms with Crippen LogP contribution < -0.4 is 16.2 Å². The van der Waals surface area contributed by atoms with Gasteiger partial charge in [-0.3, -0.25) is 4.79 Å². The molecule has 0 unspecified atom stereocenters. The van der Waals surface area contributed by atoms with E-state index in [0.29, 0.717) is 35.6 Å². The van der Waals surface area contributed by atoms with Gasteiger partial charge in [-0.25, -0.2) is 4.79 Å². The first kappa shape index (κ1) is 18.6. The van der Waals surface area contributed by atoms with E-state index in [-0.39, 0.29) is 0 Å². The van der Waals surface area contributed by atoms with E-state index < -0.39 is 22.8 Å². The predicted octanol–water partition coefficient (Wildman–Crippen LogP) is 2.18. The molecular weight excluding hydrogens is 358 g/mol. The lowest BCUT2D eigenvalue weighted by atomic mass is 10.0. The number of benzene rings is 1. The molecule has 1 saturated heterocycles. The maximum Gasteiger partial charge on any atom is 0.345 e. The first-order valence-electron chi connectivity index (χ1n) is 9.71. The summed E-state index contributed by atoms with van der Waals surface area (Å²) in [7, 11) is 0. The number of carbonyl (C=O) groups is 1. The van der Waals surface area contributed by atoms with Crippen LogP contribution in [0.5, 0.6) is 5.75 Å². The number of hydrogen-bond acceptors (Lipinski definition) is 5. The Balaban J connectivity index is 1.63. The number of aromatic carboxylic acids is 1. The zero-order valence-corrected chi connectivity index (χ0v) is 15.8. The summed E-state index contributed by atoms with van der Waals surface area (Å²) in [6, 6.07) is 8.16. The van der Waals surface area contributed by atoms with Crippen molar-refractivity contribution in [1.82, 2.24) is 4.98 Å². The second kappa shape index (κ2) is 6.98. The molecule has 0 spiro atoms. The highest BCUT2D eigenvalue weighted by molar-refractivity contribution is 5.92. The van der Waals surface area contributed by atoms with Gasteiger partial charge in [0.1, 0.15) is 5.75 Å². The van der Waals surface area contributed by atoms with Crippen LogP contribution in [0, 0.1) is 11.8 Å². The molecule has 7 nitrogen and oxygen atoms in total. The third-order valence-electron chi connectivity index (χ3n) is 6.17. The highest BCUT2D eigenvalue weighted by Gasteiger charge is 2.39. The molecule has 1 saturated carbocycles. The molecule has 1 aliphatic heterocycles. The summed E-state index contributed by atoms with van der Waals surface area (Å²) in [4.78, 5) is 28.4. The van der Waals surface area contributed by atoms with E-state index in [9.17, 15) is 19.8 Å². The van der Waals surface area contributed by atoms with Gasteiger partial charge in [0.15, 0.2) is 5.56 Å². The van der Waals surface area contributed by atoms with E-state index >= 15 is 0 Å². The number of aromatic amines is 1. The monoisotopic (exact) mass is 383 g/mol. The van der Waals surface area contributed by atoms with Crippen molar-refractivity contribution in [3.05, 3.63) is 45.7 Å². The van der Waals surface area contributed by atoms with Crippen LogP contribution in [0.1, 0.15) is 35.7 Å². The molecule has 0 bridgehead atoms. The lowest BCUT2D eigenvalue weighted by molar-refractivity contribution is 0.0691. The minimum Gasteiger partial charge on any atom is -0.506 e. The zero-order chi connectivity index (χ0) is 20.0. The molecule has 5 N–H and O–H groups in total. The van der Waals surface area contributed by atoms with Crippen LogP contribution in [0.25, 0.3) is 11.3 Å². The Kier molecular flexibility index (Phi) is 4.63. The fourth-order valence-electron chi connectivity index (χ4n) is 4.81. The van der Waals surface area contributed by atoms with Crippen molar-refractivity contribution in [2.24, 2.45) is 17.6 Å². The number of nitrogens with zero attached hydrogens (tertiary/aromatic N) is 1. The van der Waals surface area contributed by atoms with Gasteiger partial charge in [0.2, 0.25) is 0 Å². The van der Waals surface area contributed by atoms with Crippen LogP contribution in [0.4, 0.5) is 5.69 Å². The first-order chi connectivity index (χ1) is 13.4. The molecular formula is C21H25N3O4. The molecule has 0 radical (unpaired) electrons. The number of carboxylic acid groups (broad SMARTS) is 1. The van der Waals surface area contributed by atoms with Crippen LogP contribution in [0.15, 0.2) is 29.1 Å². The third kappa shape index (κ3) is 3.05. The number of nitrogens with two attached hydrogens (primary N) is 1. The van der Waals surface area contributed by atoms with Gasteiger partial charge in [0.25, 0.3) is 5.56 Å². The average Bonchev–Trinajstić information content (AvgIpc) is 3.18. The van der Waals surface area contributed by atoms with Crippen molar-refractivity contribution < 1.29 is 15.0 Å². The summed E-state index contributed by atoms with van der Waals surface area (Å²) in [6.07, 6.45) is 2.58. The minimum atomic E-state index is -1.44. The Morgan fingerprint density at radius 3 is 2.36 bits per heavy atom. The molecule has 2 fully saturated rings. The van der Waals surface area contributed by atoms with Crippen molar-refractivity contribution in [3.63, 3.8) is 0 Å². The maximum absolute atomic E-state index is 12.1. The highest BCUT2D eigenvalue weighted by atomic mass is 16.4. The fraction of sp³-hybridized carbons (Fsp3) is 0.429. The summed E-state index contributed by atoms with van der Waals surface area (Å²) in [5.74, 6) is -0.562. The zero-order valence-electron chi connectivity index (χ0n) is 15.8. The quantitative estimate of drug-likeness (QED) is 0.642. The molecule has 1 aromatic carbocycles. The van der Waals surface area contributed by atoms with Crippen molar-refractivity contribution in [2.45, 2.75) is 32.2 Å². The van der Waals surface area contributed by atoms with E-state index in [4.69, 9.17) is 5.73 Å². The second-order valence-electron chi connectivity index (χ2n) is 7.89. The third-order valence-corrected chi connectivity index (χ3v) is 6.17. The molecule has 3 atom stereocenters. The number of pyridine rings is 1. The largest absolute Gasteiger partial charge is 0.506 e. The van der Waals surface area contributed by atoms with E-state index in [0.717, 1.165) is 37.2 Å². The SMILES string of the molecule is CCc1c(-c2ccc(N3C[C@H]4C[C@@H](N)C[C@H]4C3)cc2)[nH]c(=O)c(C(=O)O)c1O. The van der Waals surface area contributed by atoms with Crippen molar-refractivity contribution >= 4 is 11.7 Å². The lowest BCUT2D eigenvalue weighted by Gasteiger charge is -2.21. The predicted molar refractivity (Wildman–Crippen MR) is 107 cm³/mol. The maximum atomic E-state index is 12.1. The van der Waals surface area contributed by atoms with Gasteiger partial charge in [-0.15, -0.1) is 0 Å². The smallest absolute Gasteiger partial charge is 0.345 e. The van der Waals surface area contributed by atoms with Crippen LogP contribution in [0.3, 0.4) is 0 Å². The molecule has 1 aliphatic carbocycles. The lowest BCUT2D eigenvalue weighted by Crippen LogP contribution is -2.25. The summed E-state index contributed by atoms with van der Waals surface area (Å²) >= 11 is 0. The number of anilines is 1. The van der Waals surface area contributed by atoms with Gasteiger partial charge in [0, 0.05) is 30.4 Å². The van der Waals surface area contributed by atoms with E-state index in [2.05, 4.69) is 9.88 Å².